The Morgan fingerprint density at radius 1 is 0.381 bits per heavy atom. The first-order chi connectivity index (χ1) is 20.9. The van der Waals surface area contributed by atoms with E-state index >= 15 is 0 Å². The van der Waals surface area contributed by atoms with Crippen molar-refractivity contribution in [2.24, 2.45) is 0 Å². The minimum atomic E-state index is 1.11. The monoisotopic (exact) mass is 535 g/mol. The lowest BCUT2D eigenvalue weighted by molar-refractivity contribution is 1.18. The molecule has 6 aromatic carbocycles. The Bertz CT molecular complexity index is 2450. The van der Waals surface area contributed by atoms with Crippen LogP contribution in [0.4, 0.5) is 0 Å². The van der Waals surface area contributed by atoms with Gasteiger partial charge in [-0.1, -0.05) is 97.1 Å². The topological polar surface area (TPSA) is 22.8 Å². The third-order valence-electron chi connectivity index (χ3n) is 8.58. The van der Waals surface area contributed by atoms with Crippen molar-refractivity contribution < 1.29 is 0 Å². The van der Waals surface area contributed by atoms with Crippen molar-refractivity contribution in [1.29, 1.82) is 0 Å². The molecule has 42 heavy (non-hydrogen) atoms. The summed E-state index contributed by atoms with van der Waals surface area (Å²) in [6.45, 7) is 0. The average Bonchev–Trinajstić information content (AvgIpc) is 3.59. The summed E-state index contributed by atoms with van der Waals surface area (Å²) in [7, 11) is 0. The van der Waals surface area contributed by atoms with E-state index in [0.717, 1.165) is 16.8 Å². The van der Waals surface area contributed by atoms with Crippen LogP contribution in [0, 0.1) is 0 Å². The molecule has 0 spiro atoms. The lowest BCUT2D eigenvalue weighted by Crippen LogP contribution is -1.96. The molecule has 0 radical (unpaired) electrons. The van der Waals surface area contributed by atoms with Crippen LogP contribution in [0.2, 0.25) is 0 Å². The van der Waals surface area contributed by atoms with Gasteiger partial charge in [0.2, 0.25) is 0 Å². The van der Waals surface area contributed by atoms with Gasteiger partial charge in [0.1, 0.15) is 0 Å². The second-order valence-electron chi connectivity index (χ2n) is 10.9. The Kier molecular flexibility index (Phi) is 4.90. The van der Waals surface area contributed by atoms with Crippen LogP contribution >= 0.6 is 0 Å². The zero-order chi connectivity index (χ0) is 27.6. The van der Waals surface area contributed by atoms with Gasteiger partial charge in [0.25, 0.3) is 0 Å². The first-order valence-corrected chi connectivity index (χ1v) is 14.3. The highest BCUT2D eigenvalue weighted by molar-refractivity contribution is 6.26. The Balaban J connectivity index is 1.44. The zero-order valence-corrected chi connectivity index (χ0v) is 22.8. The molecule has 0 saturated carbocycles. The SMILES string of the molecule is c1ccc(-n2c3ccccc3c3ccc4c(ccc5c6ccccc6n(-c6cccc(-c7cccnc7)c6)c54)c32)cc1. The minimum Gasteiger partial charge on any atom is -0.309 e. The molecule has 0 aliphatic rings. The molecule has 9 aromatic rings. The Labute approximate surface area is 242 Å². The predicted molar refractivity (Wildman–Crippen MR) is 176 cm³/mol. The van der Waals surface area contributed by atoms with Crippen LogP contribution in [0.25, 0.3) is 76.9 Å². The minimum absolute atomic E-state index is 1.11. The maximum Gasteiger partial charge on any atom is 0.0620 e. The largest absolute Gasteiger partial charge is 0.309 e. The van der Waals surface area contributed by atoms with Gasteiger partial charge in [0.05, 0.1) is 22.1 Å². The fourth-order valence-corrected chi connectivity index (χ4v) is 6.80. The van der Waals surface area contributed by atoms with Gasteiger partial charge in [0.15, 0.2) is 0 Å². The van der Waals surface area contributed by atoms with Crippen molar-refractivity contribution in [1.82, 2.24) is 14.1 Å². The van der Waals surface area contributed by atoms with Crippen molar-refractivity contribution in [3.05, 3.63) is 152 Å². The normalized spacial score (nSPS) is 11.8. The maximum atomic E-state index is 4.37. The molecular formula is C39H25N3. The summed E-state index contributed by atoms with van der Waals surface area (Å²) < 4.78 is 4.86. The van der Waals surface area contributed by atoms with Crippen molar-refractivity contribution >= 4 is 54.4 Å². The number of hydrogen-bond acceptors (Lipinski definition) is 1. The van der Waals surface area contributed by atoms with Crippen LogP contribution in [0.3, 0.4) is 0 Å². The Morgan fingerprint density at radius 3 is 1.52 bits per heavy atom. The third kappa shape index (κ3) is 3.25. The number of nitrogens with zero attached hydrogens (tertiary/aromatic N) is 3. The summed E-state index contributed by atoms with van der Waals surface area (Å²) >= 11 is 0. The summed E-state index contributed by atoms with van der Waals surface area (Å²) in [6.07, 6.45) is 3.75. The molecule has 9 rings (SSSR count). The van der Waals surface area contributed by atoms with E-state index in [2.05, 4.69) is 148 Å². The van der Waals surface area contributed by atoms with Gasteiger partial charge in [0, 0.05) is 61.6 Å². The van der Waals surface area contributed by atoms with E-state index in [-0.39, 0.29) is 0 Å². The van der Waals surface area contributed by atoms with E-state index in [4.69, 9.17) is 0 Å². The first kappa shape index (κ1) is 23.1. The van der Waals surface area contributed by atoms with Gasteiger partial charge in [-0.3, -0.25) is 4.98 Å². The molecule has 3 nitrogen and oxygen atoms in total. The standard InChI is InChI=1S/C39H25N3/c1-2-12-28(13-3-1)41-36-17-6-4-15-30(36)32-19-22-35-34(38(32)41)21-20-33-31-16-5-7-18-37(31)42(39(33)35)29-14-8-10-26(24-29)27-11-9-23-40-25-27/h1-25H. The van der Waals surface area contributed by atoms with Crippen LogP contribution in [0.1, 0.15) is 0 Å². The summed E-state index contributed by atoms with van der Waals surface area (Å²) in [5, 5.41) is 7.53. The quantitative estimate of drug-likeness (QED) is 0.221. The van der Waals surface area contributed by atoms with Crippen LogP contribution in [0.5, 0.6) is 0 Å². The zero-order valence-electron chi connectivity index (χ0n) is 22.8. The van der Waals surface area contributed by atoms with E-state index in [1.54, 1.807) is 0 Å². The molecule has 0 N–H and O–H groups in total. The summed E-state index contributed by atoms with van der Waals surface area (Å²) in [5.41, 5.74) is 9.45. The highest BCUT2D eigenvalue weighted by Crippen LogP contribution is 2.42. The molecule has 3 heterocycles. The smallest absolute Gasteiger partial charge is 0.0620 e. The molecule has 0 aliphatic carbocycles. The number of hydrogen-bond donors (Lipinski definition) is 0. The lowest BCUT2D eigenvalue weighted by atomic mass is 10.0. The summed E-state index contributed by atoms with van der Waals surface area (Å²) in [6, 6.07) is 50.4. The van der Waals surface area contributed by atoms with Crippen molar-refractivity contribution in [3.63, 3.8) is 0 Å². The number of rotatable bonds is 3. The fourth-order valence-electron chi connectivity index (χ4n) is 6.80. The number of pyridine rings is 1. The highest BCUT2D eigenvalue weighted by Gasteiger charge is 2.19. The summed E-state index contributed by atoms with van der Waals surface area (Å²) in [5.74, 6) is 0. The van der Waals surface area contributed by atoms with Gasteiger partial charge in [-0.2, -0.15) is 0 Å². The molecule has 0 aliphatic heterocycles. The van der Waals surface area contributed by atoms with Crippen LogP contribution in [-0.2, 0) is 0 Å². The van der Waals surface area contributed by atoms with E-state index < -0.39 is 0 Å². The molecule has 0 saturated heterocycles. The molecule has 3 aromatic heterocycles. The fraction of sp³-hybridized carbons (Fsp3) is 0. The van der Waals surface area contributed by atoms with Gasteiger partial charge in [-0.05, 0) is 48.0 Å². The van der Waals surface area contributed by atoms with E-state index in [1.165, 1.54) is 60.1 Å². The molecule has 0 fully saturated rings. The van der Waals surface area contributed by atoms with Gasteiger partial charge < -0.3 is 9.13 Å². The van der Waals surface area contributed by atoms with Crippen LogP contribution in [-0.4, -0.2) is 14.1 Å². The molecule has 0 unspecified atom stereocenters. The molecule has 0 atom stereocenters. The second kappa shape index (κ2) is 8.92. The Hall–Kier alpha value is -5.67. The average molecular weight is 536 g/mol. The van der Waals surface area contributed by atoms with Crippen LogP contribution in [0.15, 0.2) is 152 Å². The highest BCUT2D eigenvalue weighted by atomic mass is 15.0. The molecule has 0 amide bonds. The Morgan fingerprint density at radius 2 is 0.905 bits per heavy atom. The van der Waals surface area contributed by atoms with E-state index in [9.17, 15) is 0 Å². The number of para-hydroxylation sites is 3. The third-order valence-corrected chi connectivity index (χ3v) is 8.58. The molecule has 3 heteroatoms. The van der Waals surface area contributed by atoms with Crippen molar-refractivity contribution in [2.75, 3.05) is 0 Å². The number of fused-ring (bicyclic) bond motifs is 9. The van der Waals surface area contributed by atoms with E-state index in [1.807, 2.05) is 18.5 Å². The summed E-state index contributed by atoms with van der Waals surface area (Å²) in [4.78, 5) is 4.37. The van der Waals surface area contributed by atoms with E-state index in [0.29, 0.717) is 0 Å². The van der Waals surface area contributed by atoms with Gasteiger partial charge in [-0.15, -0.1) is 0 Å². The van der Waals surface area contributed by atoms with Crippen molar-refractivity contribution in [3.8, 4) is 22.5 Å². The first-order valence-electron chi connectivity index (χ1n) is 14.3. The number of aromatic nitrogens is 3. The second-order valence-corrected chi connectivity index (χ2v) is 10.9. The molecule has 196 valence electrons. The maximum absolute atomic E-state index is 4.37. The molecule has 0 bridgehead atoms. The predicted octanol–water partition coefficient (Wildman–Crippen LogP) is 10.1. The lowest BCUT2D eigenvalue weighted by Gasteiger charge is -2.13. The van der Waals surface area contributed by atoms with Crippen LogP contribution < -0.4 is 0 Å². The van der Waals surface area contributed by atoms with Gasteiger partial charge >= 0.3 is 0 Å². The number of benzene rings is 6. The van der Waals surface area contributed by atoms with Crippen molar-refractivity contribution in [2.45, 2.75) is 0 Å². The molecular weight excluding hydrogens is 510 g/mol. The van der Waals surface area contributed by atoms with Gasteiger partial charge in [-0.25, -0.2) is 0 Å².